The molecule has 2 atom stereocenters. The number of benzene rings is 1. The molecule has 0 saturated carbocycles. The zero-order chi connectivity index (χ0) is 16.1. The second kappa shape index (κ2) is 7.90. The summed E-state index contributed by atoms with van der Waals surface area (Å²) >= 11 is 1.65. The highest BCUT2D eigenvalue weighted by Crippen LogP contribution is 2.21. The first-order valence-electron chi connectivity index (χ1n) is 8.19. The summed E-state index contributed by atoms with van der Waals surface area (Å²) in [6.45, 7) is 5.84. The first kappa shape index (κ1) is 16.4. The number of hydrogen-bond donors (Lipinski definition) is 1. The van der Waals surface area contributed by atoms with Gasteiger partial charge in [-0.2, -0.15) is 0 Å². The number of aromatic nitrogens is 1. The largest absolute Gasteiger partial charge is 0.382 e. The highest BCUT2D eigenvalue weighted by Gasteiger charge is 2.22. The molecule has 1 N–H and O–H groups in total. The van der Waals surface area contributed by atoms with E-state index < -0.39 is 0 Å². The van der Waals surface area contributed by atoms with E-state index in [0.717, 1.165) is 38.4 Å². The topological polar surface area (TPSA) is 37.4 Å². The zero-order valence-electron chi connectivity index (χ0n) is 13.9. The molecule has 4 nitrogen and oxygen atoms in total. The fourth-order valence-corrected chi connectivity index (χ4v) is 3.60. The van der Waals surface area contributed by atoms with Gasteiger partial charge in [-0.3, -0.25) is 4.90 Å². The van der Waals surface area contributed by atoms with Crippen LogP contribution < -0.4 is 5.32 Å². The minimum absolute atomic E-state index is 0.445. The molecule has 5 heteroatoms. The fourth-order valence-electron chi connectivity index (χ4n) is 3.05. The van der Waals surface area contributed by atoms with Crippen molar-refractivity contribution in [3.8, 4) is 0 Å². The van der Waals surface area contributed by atoms with Crippen LogP contribution in [0, 0.1) is 5.92 Å². The molecule has 0 aliphatic carbocycles. The third-order valence-electron chi connectivity index (χ3n) is 4.36. The Morgan fingerprint density at radius 3 is 3.09 bits per heavy atom. The Balaban J connectivity index is 1.56. The van der Waals surface area contributed by atoms with Crippen LogP contribution in [-0.4, -0.2) is 36.2 Å². The van der Waals surface area contributed by atoms with Crippen molar-refractivity contribution in [1.82, 2.24) is 9.88 Å². The van der Waals surface area contributed by atoms with Gasteiger partial charge >= 0.3 is 0 Å². The van der Waals surface area contributed by atoms with Gasteiger partial charge in [0.25, 0.3) is 0 Å². The van der Waals surface area contributed by atoms with E-state index in [4.69, 9.17) is 4.74 Å². The molecule has 124 valence electrons. The Morgan fingerprint density at radius 1 is 1.43 bits per heavy atom. The molecule has 23 heavy (non-hydrogen) atoms. The van der Waals surface area contributed by atoms with Gasteiger partial charge in [0.15, 0.2) is 0 Å². The van der Waals surface area contributed by atoms with Gasteiger partial charge in [-0.05, 0) is 38.1 Å². The Kier molecular flexibility index (Phi) is 5.65. The second-order valence-electron chi connectivity index (χ2n) is 6.41. The molecule has 1 aliphatic heterocycles. The molecule has 0 unspecified atom stereocenters. The van der Waals surface area contributed by atoms with Crippen molar-refractivity contribution < 1.29 is 4.74 Å². The zero-order valence-corrected chi connectivity index (χ0v) is 14.7. The molecule has 1 aliphatic rings. The number of nitrogens with zero attached hydrogens (tertiary/aromatic N) is 2. The molecule has 0 amide bonds. The first-order chi connectivity index (χ1) is 11.2. The van der Waals surface area contributed by atoms with Gasteiger partial charge in [-0.1, -0.05) is 12.1 Å². The van der Waals surface area contributed by atoms with Crippen LogP contribution >= 0.6 is 11.3 Å². The van der Waals surface area contributed by atoms with Crippen molar-refractivity contribution in [3.05, 3.63) is 46.4 Å². The number of hydrogen-bond acceptors (Lipinski definition) is 5. The van der Waals surface area contributed by atoms with E-state index in [2.05, 4.69) is 58.8 Å². The number of anilines is 1. The van der Waals surface area contributed by atoms with Crippen molar-refractivity contribution in [1.29, 1.82) is 0 Å². The van der Waals surface area contributed by atoms with Crippen LogP contribution in [0.3, 0.4) is 0 Å². The van der Waals surface area contributed by atoms with Crippen LogP contribution in [0.15, 0.2) is 35.2 Å². The van der Waals surface area contributed by atoms with Crippen LogP contribution in [0.5, 0.6) is 0 Å². The number of thiazole rings is 1. The van der Waals surface area contributed by atoms with E-state index in [1.54, 1.807) is 11.3 Å². The molecule has 1 fully saturated rings. The van der Waals surface area contributed by atoms with E-state index in [0.29, 0.717) is 12.0 Å². The summed E-state index contributed by atoms with van der Waals surface area (Å²) in [5, 5.41) is 5.74. The van der Waals surface area contributed by atoms with Crippen molar-refractivity contribution >= 4 is 17.0 Å². The van der Waals surface area contributed by atoms with E-state index in [-0.39, 0.29) is 0 Å². The summed E-state index contributed by atoms with van der Waals surface area (Å²) < 4.78 is 5.49. The van der Waals surface area contributed by atoms with E-state index in [1.165, 1.54) is 11.3 Å². The molecular formula is C18H25N3OS. The Hall–Kier alpha value is -1.43. The maximum absolute atomic E-state index is 5.49. The SMILES string of the molecule is C[C@H](Nc1cccc(CN(C)Cc2cscn2)c1)[C@@H]1CCOC1. The Labute approximate surface area is 142 Å². The maximum Gasteiger partial charge on any atom is 0.0795 e. The standard InChI is InChI=1S/C18H25N3OS/c1-14(16-6-7-22-11-16)20-17-5-3-4-15(8-17)9-21(2)10-18-12-23-13-19-18/h3-5,8,12-14,16,20H,6-7,9-11H2,1-2H3/t14-,16+/m0/s1. The Bertz CT molecular complexity index is 596. The summed E-state index contributed by atoms with van der Waals surface area (Å²) in [6.07, 6.45) is 1.16. The summed E-state index contributed by atoms with van der Waals surface area (Å²) in [7, 11) is 2.14. The highest BCUT2D eigenvalue weighted by molar-refractivity contribution is 7.07. The van der Waals surface area contributed by atoms with Crippen molar-refractivity contribution in [2.75, 3.05) is 25.6 Å². The smallest absolute Gasteiger partial charge is 0.0795 e. The second-order valence-corrected chi connectivity index (χ2v) is 7.13. The number of nitrogens with one attached hydrogen (secondary N) is 1. The highest BCUT2D eigenvalue weighted by atomic mass is 32.1. The molecule has 3 rings (SSSR count). The average molecular weight is 331 g/mol. The predicted octanol–water partition coefficient (Wildman–Crippen LogP) is 3.61. The van der Waals surface area contributed by atoms with Crippen LogP contribution in [-0.2, 0) is 17.8 Å². The average Bonchev–Trinajstić information content (AvgIpc) is 3.20. The fraction of sp³-hybridized carbons (Fsp3) is 0.500. The molecule has 1 aromatic carbocycles. The van der Waals surface area contributed by atoms with E-state index in [9.17, 15) is 0 Å². The predicted molar refractivity (Wildman–Crippen MR) is 95.7 cm³/mol. The maximum atomic E-state index is 5.49. The lowest BCUT2D eigenvalue weighted by Crippen LogP contribution is -2.26. The van der Waals surface area contributed by atoms with Gasteiger partial charge in [0.2, 0.25) is 0 Å². The lowest BCUT2D eigenvalue weighted by molar-refractivity contribution is 0.183. The molecule has 2 aromatic rings. The molecule has 0 bridgehead atoms. The number of ether oxygens (including phenoxy) is 1. The van der Waals surface area contributed by atoms with Gasteiger partial charge in [0.1, 0.15) is 0 Å². The molecule has 2 heterocycles. The summed E-state index contributed by atoms with van der Waals surface area (Å²) in [5.74, 6) is 0.617. The van der Waals surface area contributed by atoms with Crippen molar-refractivity contribution in [2.45, 2.75) is 32.5 Å². The lowest BCUT2D eigenvalue weighted by Gasteiger charge is -2.21. The Morgan fingerprint density at radius 2 is 2.35 bits per heavy atom. The molecule has 1 saturated heterocycles. The molecule has 0 radical (unpaired) electrons. The van der Waals surface area contributed by atoms with Gasteiger partial charge in [0.05, 0.1) is 17.8 Å². The lowest BCUT2D eigenvalue weighted by atomic mass is 10.0. The monoisotopic (exact) mass is 331 g/mol. The van der Waals surface area contributed by atoms with Gasteiger partial charge in [0, 0.05) is 42.7 Å². The summed E-state index contributed by atoms with van der Waals surface area (Å²) in [4.78, 5) is 6.65. The van der Waals surface area contributed by atoms with Gasteiger partial charge in [-0.15, -0.1) is 11.3 Å². The van der Waals surface area contributed by atoms with E-state index >= 15 is 0 Å². The van der Waals surface area contributed by atoms with Crippen molar-refractivity contribution in [3.63, 3.8) is 0 Å². The molecular weight excluding hydrogens is 306 g/mol. The summed E-state index contributed by atoms with van der Waals surface area (Å²) in [5.41, 5.74) is 5.55. The minimum Gasteiger partial charge on any atom is -0.382 e. The third-order valence-corrected chi connectivity index (χ3v) is 5.00. The van der Waals surface area contributed by atoms with Crippen molar-refractivity contribution in [2.24, 2.45) is 5.92 Å². The normalized spacial score (nSPS) is 19.2. The van der Waals surface area contributed by atoms with Crippen LogP contribution in [0.4, 0.5) is 5.69 Å². The first-order valence-corrected chi connectivity index (χ1v) is 9.14. The summed E-state index contributed by atoms with van der Waals surface area (Å²) in [6, 6.07) is 9.17. The van der Waals surface area contributed by atoms with E-state index in [1.807, 2.05) is 5.51 Å². The van der Waals surface area contributed by atoms with Gasteiger partial charge in [-0.25, -0.2) is 4.98 Å². The molecule has 1 aromatic heterocycles. The minimum atomic E-state index is 0.445. The molecule has 0 spiro atoms. The van der Waals surface area contributed by atoms with Crippen LogP contribution in [0.1, 0.15) is 24.6 Å². The van der Waals surface area contributed by atoms with Crippen LogP contribution in [0.2, 0.25) is 0 Å². The quantitative estimate of drug-likeness (QED) is 0.841. The van der Waals surface area contributed by atoms with Gasteiger partial charge < -0.3 is 10.1 Å². The number of rotatable bonds is 7. The third kappa shape index (κ3) is 4.77. The van der Waals surface area contributed by atoms with Crippen LogP contribution in [0.25, 0.3) is 0 Å².